The highest BCUT2D eigenvalue weighted by atomic mass is 19.1. The summed E-state index contributed by atoms with van der Waals surface area (Å²) in [4.78, 5) is 4.50. The molecule has 0 unspecified atom stereocenters. The molecule has 0 atom stereocenters. The van der Waals surface area contributed by atoms with Gasteiger partial charge in [0, 0.05) is 28.9 Å². The van der Waals surface area contributed by atoms with Gasteiger partial charge in [-0.25, -0.2) is 4.39 Å². The Balaban J connectivity index is 1.48. The lowest BCUT2D eigenvalue weighted by Crippen LogP contribution is -2.08. The number of hydrogen-bond acceptors (Lipinski definition) is 3. The Morgan fingerprint density at radius 1 is 1.11 bits per heavy atom. The van der Waals surface area contributed by atoms with Crippen molar-refractivity contribution in [2.24, 2.45) is 5.92 Å². The van der Waals surface area contributed by atoms with Gasteiger partial charge in [0.05, 0.1) is 11.2 Å². The van der Waals surface area contributed by atoms with Crippen LogP contribution in [0.1, 0.15) is 61.9 Å². The number of benzene rings is 1. The molecule has 5 heteroatoms. The summed E-state index contributed by atoms with van der Waals surface area (Å²) >= 11 is 0. The maximum Gasteiger partial charge on any atom is 0.134 e. The summed E-state index contributed by atoms with van der Waals surface area (Å²) in [6.45, 7) is 0. The topological polar surface area (TPSA) is 61.8 Å². The maximum absolute atomic E-state index is 14.7. The first-order valence-corrected chi connectivity index (χ1v) is 10.2. The summed E-state index contributed by atoms with van der Waals surface area (Å²) in [5.74, 6) is 0.438. The number of halogens is 1. The predicted molar refractivity (Wildman–Crippen MR) is 110 cm³/mol. The van der Waals surface area contributed by atoms with Gasteiger partial charge in [-0.15, -0.1) is 0 Å². The van der Waals surface area contributed by atoms with Crippen LogP contribution in [0.4, 0.5) is 4.39 Å². The molecule has 0 bridgehead atoms. The SMILES string of the molecule is Oc1ccc2[nH]nc(/C=C(\F)c3ccc(CC4CCCCCCC4)nc3)c2c1. The van der Waals surface area contributed by atoms with E-state index in [-0.39, 0.29) is 11.6 Å². The van der Waals surface area contributed by atoms with E-state index in [4.69, 9.17) is 0 Å². The lowest BCUT2D eigenvalue weighted by molar-refractivity contribution is 0.374. The first kappa shape index (κ1) is 18.7. The van der Waals surface area contributed by atoms with Crippen molar-refractivity contribution in [3.05, 3.63) is 53.5 Å². The van der Waals surface area contributed by atoms with Crippen molar-refractivity contribution in [3.8, 4) is 5.75 Å². The number of fused-ring (bicyclic) bond motifs is 1. The van der Waals surface area contributed by atoms with Gasteiger partial charge in [-0.1, -0.05) is 44.9 Å². The molecule has 0 spiro atoms. The second-order valence-corrected chi connectivity index (χ2v) is 7.78. The fraction of sp³-hybridized carbons (Fsp3) is 0.391. The van der Waals surface area contributed by atoms with E-state index < -0.39 is 0 Å². The molecule has 4 rings (SSSR count). The number of rotatable bonds is 4. The molecule has 0 aliphatic heterocycles. The molecule has 1 aliphatic rings. The van der Waals surface area contributed by atoms with E-state index in [1.807, 2.05) is 6.07 Å². The molecule has 2 N–H and O–H groups in total. The number of pyridine rings is 1. The van der Waals surface area contributed by atoms with Crippen molar-refractivity contribution in [3.63, 3.8) is 0 Å². The normalized spacial score (nSPS) is 16.8. The molecular formula is C23H26FN3O. The van der Waals surface area contributed by atoms with E-state index in [0.29, 0.717) is 22.6 Å². The van der Waals surface area contributed by atoms with Gasteiger partial charge in [0.2, 0.25) is 0 Å². The first-order chi connectivity index (χ1) is 13.7. The summed E-state index contributed by atoms with van der Waals surface area (Å²) in [6.07, 6.45) is 13.2. The molecule has 146 valence electrons. The zero-order valence-corrected chi connectivity index (χ0v) is 16.0. The van der Waals surface area contributed by atoms with Crippen molar-refractivity contribution in [1.82, 2.24) is 15.2 Å². The summed E-state index contributed by atoms with van der Waals surface area (Å²) in [7, 11) is 0. The molecule has 2 heterocycles. The van der Waals surface area contributed by atoms with Gasteiger partial charge >= 0.3 is 0 Å². The number of aromatic hydroxyl groups is 1. The zero-order valence-electron chi connectivity index (χ0n) is 16.0. The molecular weight excluding hydrogens is 353 g/mol. The first-order valence-electron chi connectivity index (χ1n) is 10.2. The van der Waals surface area contributed by atoms with Crippen LogP contribution in [0, 0.1) is 5.92 Å². The van der Waals surface area contributed by atoms with Gasteiger partial charge in [0.15, 0.2) is 0 Å². The lowest BCUT2D eigenvalue weighted by Gasteiger charge is -2.19. The number of phenols is 1. The van der Waals surface area contributed by atoms with Crippen molar-refractivity contribution < 1.29 is 9.50 Å². The third-order valence-electron chi connectivity index (χ3n) is 5.66. The molecule has 1 saturated carbocycles. The summed E-state index contributed by atoms with van der Waals surface area (Å²) in [5.41, 5.74) is 2.70. The quantitative estimate of drug-likeness (QED) is 0.581. The van der Waals surface area contributed by atoms with Crippen LogP contribution >= 0.6 is 0 Å². The van der Waals surface area contributed by atoms with Crippen LogP contribution in [0.3, 0.4) is 0 Å². The van der Waals surface area contributed by atoms with Crippen molar-refractivity contribution in [2.75, 3.05) is 0 Å². The Labute approximate surface area is 164 Å². The van der Waals surface area contributed by atoms with Crippen LogP contribution in [-0.4, -0.2) is 20.3 Å². The number of aromatic amines is 1. The number of H-pyrrole nitrogens is 1. The van der Waals surface area contributed by atoms with E-state index in [9.17, 15) is 9.50 Å². The lowest BCUT2D eigenvalue weighted by atomic mass is 9.88. The summed E-state index contributed by atoms with van der Waals surface area (Å²) < 4.78 is 14.7. The third kappa shape index (κ3) is 4.41. The highest BCUT2D eigenvalue weighted by Gasteiger charge is 2.13. The fourth-order valence-electron chi connectivity index (χ4n) is 4.06. The van der Waals surface area contributed by atoms with E-state index in [0.717, 1.165) is 17.6 Å². The minimum atomic E-state index is -0.387. The Bertz CT molecular complexity index is 954. The van der Waals surface area contributed by atoms with Crippen LogP contribution in [0.15, 0.2) is 36.5 Å². The summed E-state index contributed by atoms with van der Waals surface area (Å²) in [6, 6.07) is 8.61. The molecule has 0 radical (unpaired) electrons. The molecule has 4 nitrogen and oxygen atoms in total. The molecule has 3 aromatic rings. The van der Waals surface area contributed by atoms with Crippen LogP contribution in [-0.2, 0) is 6.42 Å². The van der Waals surface area contributed by atoms with Gasteiger partial charge in [0.1, 0.15) is 11.6 Å². The van der Waals surface area contributed by atoms with Gasteiger partial charge in [0.25, 0.3) is 0 Å². The molecule has 0 amide bonds. The average molecular weight is 379 g/mol. The van der Waals surface area contributed by atoms with E-state index in [1.54, 1.807) is 30.5 Å². The standard InChI is InChI=1S/C23H26FN3O/c24-21(14-23-20-13-19(28)10-11-22(20)26-27-23)17-8-9-18(25-15-17)12-16-6-4-2-1-3-5-7-16/h8-11,13-16,28H,1-7,12H2,(H,26,27)/b21-14-. The van der Waals surface area contributed by atoms with Crippen LogP contribution in [0.5, 0.6) is 5.75 Å². The predicted octanol–water partition coefficient (Wildman–Crippen LogP) is 6.03. The Hall–Kier alpha value is -2.69. The van der Waals surface area contributed by atoms with Gasteiger partial charge in [-0.05, 0) is 42.7 Å². The van der Waals surface area contributed by atoms with Crippen molar-refractivity contribution in [1.29, 1.82) is 0 Å². The summed E-state index contributed by atoms with van der Waals surface area (Å²) in [5, 5.41) is 17.3. The maximum atomic E-state index is 14.7. The average Bonchev–Trinajstić information content (AvgIpc) is 3.06. The number of hydrogen-bond donors (Lipinski definition) is 2. The zero-order chi connectivity index (χ0) is 19.3. The van der Waals surface area contributed by atoms with Crippen LogP contribution in [0.2, 0.25) is 0 Å². The van der Waals surface area contributed by atoms with Crippen molar-refractivity contribution >= 4 is 22.8 Å². The van der Waals surface area contributed by atoms with Gasteiger partial charge < -0.3 is 5.11 Å². The molecule has 0 saturated heterocycles. The van der Waals surface area contributed by atoms with Gasteiger partial charge in [-0.3, -0.25) is 10.1 Å². The number of phenolic OH excluding ortho intramolecular Hbond substituents is 1. The second-order valence-electron chi connectivity index (χ2n) is 7.78. The Morgan fingerprint density at radius 3 is 2.64 bits per heavy atom. The minimum Gasteiger partial charge on any atom is -0.508 e. The molecule has 28 heavy (non-hydrogen) atoms. The van der Waals surface area contributed by atoms with E-state index in [1.165, 1.54) is 51.0 Å². The Kier molecular flexibility index (Phi) is 5.70. The smallest absolute Gasteiger partial charge is 0.134 e. The van der Waals surface area contributed by atoms with Crippen LogP contribution < -0.4 is 0 Å². The molecule has 2 aromatic heterocycles. The minimum absolute atomic E-state index is 0.129. The van der Waals surface area contributed by atoms with Crippen molar-refractivity contribution in [2.45, 2.75) is 51.4 Å². The molecule has 1 fully saturated rings. The highest BCUT2D eigenvalue weighted by molar-refractivity contribution is 5.91. The number of nitrogens with zero attached hydrogens (tertiary/aromatic N) is 2. The Morgan fingerprint density at radius 2 is 1.89 bits per heavy atom. The fourth-order valence-corrected chi connectivity index (χ4v) is 4.06. The van der Waals surface area contributed by atoms with Gasteiger partial charge in [-0.2, -0.15) is 5.10 Å². The second kappa shape index (κ2) is 8.55. The third-order valence-corrected chi connectivity index (χ3v) is 5.66. The van der Waals surface area contributed by atoms with Crippen LogP contribution in [0.25, 0.3) is 22.8 Å². The number of nitrogens with one attached hydrogen (secondary N) is 1. The molecule has 1 aliphatic carbocycles. The highest BCUT2D eigenvalue weighted by Crippen LogP contribution is 2.27. The van der Waals surface area contributed by atoms with E-state index >= 15 is 0 Å². The largest absolute Gasteiger partial charge is 0.508 e. The van der Waals surface area contributed by atoms with E-state index in [2.05, 4.69) is 15.2 Å². The molecule has 1 aromatic carbocycles. The monoisotopic (exact) mass is 379 g/mol. The number of aromatic nitrogens is 3.